The molecule has 1 aliphatic heterocycles. The van der Waals surface area contributed by atoms with Gasteiger partial charge in [0.25, 0.3) is 0 Å². The van der Waals surface area contributed by atoms with E-state index < -0.39 is 14.1 Å². The Labute approximate surface area is 92.0 Å². The summed E-state index contributed by atoms with van der Waals surface area (Å²) in [5.41, 5.74) is 0. The van der Waals surface area contributed by atoms with Gasteiger partial charge in [-0.15, -0.1) is 11.6 Å². The third-order valence-electron chi connectivity index (χ3n) is 2.85. The van der Waals surface area contributed by atoms with Crippen LogP contribution < -0.4 is 0 Å². The lowest BCUT2D eigenvalue weighted by molar-refractivity contribution is -0.116. The maximum Gasteiger partial charge on any atom is 0.187 e. The molecule has 2 fully saturated rings. The van der Waals surface area contributed by atoms with Crippen LogP contribution in [0.25, 0.3) is 0 Å². The molecule has 0 amide bonds. The molecule has 0 aromatic carbocycles. The van der Waals surface area contributed by atoms with E-state index in [2.05, 4.69) is 19.6 Å². The quantitative estimate of drug-likeness (QED) is 0.540. The van der Waals surface area contributed by atoms with E-state index >= 15 is 0 Å². The van der Waals surface area contributed by atoms with Gasteiger partial charge in [-0.1, -0.05) is 6.42 Å². The highest BCUT2D eigenvalue weighted by atomic mass is 35.5. The summed E-state index contributed by atoms with van der Waals surface area (Å²) in [5.74, 6) is 0.0427. The van der Waals surface area contributed by atoms with Gasteiger partial charge in [0.05, 0.1) is 12.0 Å². The molecule has 2 nitrogen and oxygen atoms in total. The van der Waals surface area contributed by atoms with Gasteiger partial charge in [-0.3, -0.25) is 0 Å². The number of rotatable bonds is 2. The maximum atomic E-state index is 6.27. The van der Waals surface area contributed by atoms with Crippen molar-refractivity contribution in [3.63, 3.8) is 0 Å². The topological polar surface area (TPSA) is 18.5 Å². The summed E-state index contributed by atoms with van der Waals surface area (Å²) in [5, 5.41) is 0.0922. The first-order chi connectivity index (χ1) is 6.46. The van der Waals surface area contributed by atoms with E-state index in [1.807, 2.05) is 0 Å². The van der Waals surface area contributed by atoms with Crippen molar-refractivity contribution < 1.29 is 9.16 Å². The van der Waals surface area contributed by atoms with Crippen LogP contribution in [-0.4, -0.2) is 26.1 Å². The SMILES string of the molecule is C[Si](C)(C)OC12OCCCCC1C2Cl. The first kappa shape index (κ1) is 10.9. The largest absolute Gasteiger partial charge is 0.389 e. The number of fused-ring (bicyclic) bond motifs is 1. The molecule has 14 heavy (non-hydrogen) atoms. The van der Waals surface area contributed by atoms with Crippen molar-refractivity contribution in [2.75, 3.05) is 6.61 Å². The molecule has 2 rings (SSSR count). The Balaban J connectivity index is 2.06. The zero-order chi connectivity index (χ0) is 10.4. The molecule has 0 radical (unpaired) electrons. The molecule has 1 heterocycles. The second kappa shape index (κ2) is 3.48. The fraction of sp³-hybridized carbons (Fsp3) is 1.00. The first-order valence-electron chi connectivity index (χ1n) is 5.44. The van der Waals surface area contributed by atoms with Gasteiger partial charge in [0.15, 0.2) is 14.1 Å². The van der Waals surface area contributed by atoms with Crippen LogP contribution >= 0.6 is 11.6 Å². The maximum absolute atomic E-state index is 6.27. The smallest absolute Gasteiger partial charge is 0.187 e. The molecular weight excluding hydrogens is 216 g/mol. The number of hydrogen-bond donors (Lipinski definition) is 0. The number of alkyl halides is 1. The fourth-order valence-corrected chi connectivity index (χ4v) is 4.10. The van der Waals surface area contributed by atoms with E-state index in [1.165, 1.54) is 12.8 Å². The molecule has 4 heteroatoms. The van der Waals surface area contributed by atoms with Crippen LogP contribution in [0.3, 0.4) is 0 Å². The van der Waals surface area contributed by atoms with Crippen molar-refractivity contribution in [2.24, 2.45) is 5.92 Å². The Morgan fingerprint density at radius 3 is 2.71 bits per heavy atom. The van der Waals surface area contributed by atoms with Gasteiger partial charge in [0, 0.05) is 5.92 Å². The highest BCUT2D eigenvalue weighted by Gasteiger charge is 2.68. The van der Waals surface area contributed by atoms with Gasteiger partial charge in [0.1, 0.15) is 0 Å². The van der Waals surface area contributed by atoms with E-state index in [9.17, 15) is 0 Å². The van der Waals surface area contributed by atoms with E-state index in [0.29, 0.717) is 5.92 Å². The second-order valence-corrected chi connectivity index (χ2v) is 10.2. The molecule has 1 aliphatic carbocycles. The second-order valence-electron chi connectivity index (χ2n) is 5.29. The van der Waals surface area contributed by atoms with Crippen LogP contribution in [0.1, 0.15) is 19.3 Å². The molecule has 1 saturated heterocycles. The van der Waals surface area contributed by atoms with Gasteiger partial charge in [-0.25, -0.2) is 0 Å². The molecule has 0 bridgehead atoms. The molecule has 2 aliphatic rings. The molecule has 0 aromatic rings. The third kappa shape index (κ3) is 1.87. The van der Waals surface area contributed by atoms with Crippen molar-refractivity contribution in [2.45, 2.75) is 50.1 Å². The minimum atomic E-state index is -1.55. The standard InChI is InChI=1S/C10H19ClO2Si/c1-14(2,3)13-10-8(9(10)11)6-4-5-7-12-10/h8-9H,4-7H2,1-3H3. The van der Waals surface area contributed by atoms with Crippen molar-refractivity contribution >= 4 is 19.9 Å². The van der Waals surface area contributed by atoms with Crippen LogP contribution in [0.4, 0.5) is 0 Å². The summed E-state index contributed by atoms with van der Waals surface area (Å²) in [6, 6.07) is 0. The predicted octanol–water partition coefficient (Wildman–Crippen LogP) is 2.97. The van der Waals surface area contributed by atoms with Crippen molar-refractivity contribution in [1.29, 1.82) is 0 Å². The Kier molecular flexibility index (Phi) is 2.71. The summed E-state index contributed by atoms with van der Waals surface area (Å²) in [6.45, 7) is 7.38. The summed E-state index contributed by atoms with van der Waals surface area (Å²) in [4.78, 5) is 0. The lowest BCUT2D eigenvalue weighted by Crippen LogP contribution is -2.37. The highest BCUT2D eigenvalue weighted by molar-refractivity contribution is 6.69. The third-order valence-corrected chi connectivity index (χ3v) is 4.39. The molecule has 3 atom stereocenters. The van der Waals surface area contributed by atoms with Crippen molar-refractivity contribution in [1.82, 2.24) is 0 Å². The van der Waals surface area contributed by atoms with Crippen molar-refractivity contribution in [3.05, 3.63) is 0 Å². The van der Waals surface area contributed by atoms with E-state index in [-0.39, 0.29) is 5.38 Å². The van der Waals surface area contributed by atoms with Crippen LogP contribution in [0.15, 0.2) is 0 Å². The molecule has 0 aromatic heterocycles. The average Bonchev–Trinajstić information content (AvgIpc) is 2.62. The van der Waals surface area contributed by atoms with Gasteiger partial charge in [0.2, 0.25) is 0 Å². The lowest BCUT2D eigenvalue weighted by Gasteiger charge is -2.27. The van der Waals surface area contributed by atoms with E-state index in [4.69, 9.17) is 20.8 Å². The zero-order valence-corrected chi connectivity index (χ0v) is 10.9. The molecule has 82 valence electrons. The van der Waals surface area contributed by atoms with Crippen molar-refractivity contribution in [3.8, 4) is 0 Å². The first-order valence-corrected chi connectivity index (χ1v) is 9.28. The van der Waals surface area contributed by atoms with Gasteiger partial charge in [-0.2, -0.15) is 0 Å². The van der Waals surface area contributed by atoms with Gasteiger partial charge in [-0.05, 0) is 32.5 Å². The number of ether oxygens (including phenoxy) is 1. The molecule has 0 spiro atoms. The van der Waals surface area contributed by atoms with Gasteiger partial charge < -0.3 is 9.16 Å². The van der Waals surface area contributed by atoms with Crippen LogP contribution in [0, 0.1) is 5.92 Å². The monoisotopic (exact) mass is 234 g/mol. The summed E-state index contributed by atoms with van der Waals surface area (Å²) in [6.07, 6.45) is 3.54. The zero-order valence-electron chi connectivity index (χ0n) is 9.18. The minimum absolute atomic E-state index is 0.0922. The summed E-state index contributed by atoms with van der Waals surface area (Å²) < 4.78 is 12.0. The predicted molar refractivity (Wildman–Crippen MR) is 60.1 cm³/mol. The normalized spacial score (nSPS) is 42.9. The average molecular weight is 235 g/mol. The molecule has 0 N–H and O–H groups in total. The molecule has 3 unspecified atom stereocenters. The van der Waals surface area contributed by atoms with Crippen LogP contribution in [-0.2, 0) is 9.16 Å². The van der Waals surface area contributed by atoms with E-state index in [0.717, 1.165) is 13.0 Å². The van der Waals surface area contributed by atoms with Crippen LogP contribution in [0.5, 0.6) is 0 Å². The number of halogens is 1. The molecule has 1 saturated carbocycles. The summed E-state index contributed by atoms with van der Waals surface area (Å²) in [7, 11) is -1.55. The van der Waals surface area contributed by atoms with Crippen LogP contribution in [0.2, 0.25) is 19.6 Å². The molecular formula is C10H19ClO2Si. The van der Waals surface area contributed by atoms with Gasteiger partial charge >= 0.3 is 0 Å². The van der Waals surface area contributed by atoms with E-state index in [1.54, 1.807) is 0 Å². The Morgan fingerprint density at radius 2 is 2.07 bits per heavy atom. The Morgan fingerprint density at radius 1 is 1.36 bits per heavy atom. The fourth-order valence-electron chi connectivity index (χ4n) is 2.24. The minimum Gasteiger partial charge on any atom is -0.389 e. The lowest BCUT2D eigenvalue weighted by atomic mass is 10.2. The summed E-state index contributed by atoms with van der Waals surface area (Å²) >= 11 is 6.27. The Hall–Kier alpha value is 0.427. The highest BCUT2D eigenvalue weighted by Crippen LogP contribution is 2.57. The Bertz CT molecular complexity index is 229. The number of hydrogen-bond acceptors (Lipinski definition) is 2.